The fourth-order valence-corrected chi connectivity index (χ4v) is 1.63. The third-order valence-corrected chi connectivity index (χ3v) is 2.63. The summed E-state index contributed by atoms with van der Waals surface area (Å²) in [4.78, 5) is 22.1. The molecule has 0 aliphatic rings. The summed E-state index contributed by atoms with van der Waals surface area (Å²) in [6.07, 6.45) is -0.792. The Labute approximate surface area is 105 Å². The minimum atomic E-state index is -1.88. The molecule has 0 amide bonds. The van der Waals surface area contributed by atoms with Crippen molar-refractivity contribution in [2.45, 2.75) is 18.8 Å². The second-order valence-corrected chi connectivity index (χ2v) is 3.94. The number of aliphatic hydroxyl groups is 2. The number of nitrogens with zero attached hydrogens (tertiary/aromatic N) is 4. The van der Waals surface area contributed by atoms with E-state index in [1.165, 1.54) is 17.2 Å². The molecule has 0 aromatic carbocycles. The molecule has 3 N–H and O–H groups in total. The van der Waals surface area contributed by atoms with Crippen molar-refractivity contribution in [3.8, 4) is 0 Å². The smallest absolute Gasteiger partial charge is 0.335 e. The minimum absolute atomic E-state index is 0.159. The van der Waals surface area contributed by atoms with Crippen LogP contribution < -0.4 is 0 Å². The third kappa shape index (κ3) is 2.26. The van der Waals surface area contributed by atoms with Crippen molar-refractivity contribution in [1.29, 1.82) is 0 Å². The van der Waals surface area contributed by atoms with Gasteiger partial charge in [0, 0.05) is 0 Å². The van der Waals surface area contributed by atoms with Crippen LogP contribution in [-0.4, -0.2) is 53.0 Å². The second-order valence-electron chi connectivity index (χ2n) is 3.58. The zero-order valence-electron chi connectivity index (χ0n) is 8.93. The zero-order valence-corrected chi connectivity index (χ0v) is 9.69. The van der Waals surface area contributed by atoms with Crippen LogP contribution in [0, 0.1) is 0 Å². The third-order valence-electron chi connectivity index (χ3n) is 2.36. The summed E-state index contributed by atoms with van der Waals surface area (Å²) >= 11 is 5.79. The zero-order chi connectivity index (χ0) is 13.3. The molecular weight excluding hydrogens is 264 g/mol. The topological polar surface area (TPSA) is 121 Å². The number of rotatable bonds is 4. The SMILES string of the molecule is O=C(O)[C@H](O)[C@H](O)Cn1cnc2c(Cl)ncnc21. The fraction of sp³-hybridized carbons (Fsp3) is 0.333. The number of carboxylic acid groups (broad SMARTS) is 1. The Kier molecular flexibility index (Phi) is 3.41. The van der Waals surface area contributed by atoms with Crippen molar-refractivity contribution in [1.82, 2.24) is 19.5 Å². The number of fused-ring (bicyclic) bond motifs is 1. The highest BCUT2D eigenvalue weighted by molar-refractivity contribution is 6.33. The van der Waals surface area contributed by atoms with Gasteiger partial charge in [-0.2, -0.15) is 0 Å². The Bertz CT molecular complexity index is 587. The van der Waals surface area contributed by atoms with Gasteiger partial charge in [0.2, 0.25) is 0 Å². The summed E-state index contributed by atoms with van der Waals surface area (Å²) < 4.78 is 1.39. The summed E-state index contributed by atoms with van der Waals surface area (Å²) in [6, 6.07) is 0. The first-order chi connectivity index (χ1) is 8.50. The van der Waals surface area contributed by atoms with Crippen molar-refractivity contribution >= 4 is 28.7 Å². The molecule has 0 aliphatic carbocycles. The van der Waals surface area contributed by atoms with Gasteiger partial charge in [-0.3, -0.25) is 0 Å². The van der Waals surface area contributed by atoms with E-state index in [1.807, 2.05) is 0 Å². The first-order valence-electron chi connectivity index (χ1n) is 4.91. The number of hydrogen-bond donors (Lipinski definition) is 3. The molecule has 2 heterocycles. The van der Waals surface area contributed by atoms with E-state index in [0.717, 1.165) is 0 Å². The number of imidazole rings is 1. The Hall–Kier alpha value is -1.77. The van der Waals surface area contributed by atoms with Crippen LogP contribution in [0.2, 0.25) is 5.15 Å². The van der Waals surface area contributed by atoms with E-state index in [2.05, 4.69) is 15.0 Å². The van der Waals surface area contributed by atoms with Crippen molar-refractivity contribution in [2.24, 2.45) is 0 Å². The molecule has 0 saturated heterocycles. The van der Waals surface area contributed by atoms with E-state index in [0.29, 0.717) is 11.2 Å². The number of hydrogen-bond acceptors (Lipinski definition) is 6. The van der Waals surface area contributed by atoms with Gasteiger partial charge in [0.05, 0.1) is 12.9 Å². The normalized spacial score (nSPS) is 14.6. The molecule has 0 bridgehead atoms. The average Bonchev–Trinajstić information content (AvgIpc) is 2.73. The second kappa shape index (κ2) is 4.84. The summed E-state index contributed by atoms with van der Waals surface area (Å²) in [5.41, 5.74) is 0.697. The van der Waals surface area contributed by atoms with Crippen LogP contribution in [0.5, 0.6) is 0 Å². The lowest BCUT2D eigenvalue weighted by molar-refractivity contribution is -0.153. The molecule has 0 unspecified atom stereocenters. The molecule has 18 heavy (non-hydrogen) atoms. The van der Waals surface area contributed by atoms with Gasteiger partial charge in [-0.15, -0.1) is 0 Å². The summed E-state index contributed by atoms with van der Waals surface area (Å²) in [6.45, 7) is -0.169. The lowest BCUT2D eigenvalue weighted by atomic mass is 10.2. The number of aromatic nitrogens is 4. The average molecular weight is 273 g/mol. The molecule has 0 aliphatic heterocycles. The Morgan fingerprint density at radius 3 is 2.78 bits per heavy atom. The largest absolute Gasteiger partial charge is 0.479 e. The van der Waals surface area contributed by atoms with E-state index in [9.17, 15) is 15.0 Å². The number of halogens is 1. The van der Waals surface area contributed by atoms with Crippen molar-refractivity contribution in [2.75, 3.05) is 0 Å². The predicted molar refractivity (Wildman–Crippen MR) is 60.0 cm³/mol. The van der Waals surface area contributed by atoms with E-state index in [1.54, 1.807) is 0 Å². The number of aliphatic carboxylic acids is 1. The van der Waals surface area contributed by atoms with Gasteiger partial charge in [0.15, 0.2) is 16.9 Å². The van der Waals surface area contributed by atoms with Crippen LogP contribution in [0.3, 0.4) is 0 Å². The number of carboxylic acids is 1. The molecule has 2 aromatic rings. The van der Waals surface area contributed by atoms with Crippen LogP contribution >= 0.6 is 11.6 Å². The summed E-state index contributed by atoms with van der Waals surface area (Å²) in [5.74, 6) is -1.50. The molecule has 0 spiro atoms. The van der Waals surface area contributed by atoms with Gasteiger partial charge in [-0.05, 0) is 0 Å². The van der Waals surface area contributed by atoms with Crippen molar-refractivity contribution < 1.29 is 20.1 Å². The van der Waals surface area contributed by atoms with Crippen LogP contribution in [-0.2, 0) is 11.3 Å². The summed E-state index contributed by atoms with van der Waals surface area (Å²) in [7, 11) is 0. The molecule has 2 rings (SSSR count). The molecule has 8 nitrogen and oxygen atoms in total. The van der Waals surface area contributed by atoms with Gasteiger partial charge in [-0.1, -0.05) is 11.6 Å². The molecular formula is C9H9ClN4O4. The van der Waals surface area contributed by atoms with Gasteiger partial charge < -0.3 is 19.9 Å². The lowest BCUT2D eigenvalue weighted by Crippen LogP contribution is -2.36. The van der Waals surface area contributed by atoms with Crippen LogP contribution in [0.15, 0.2) is 12.7 Å². The minimum Gasteiger partial charge on any atom is -0.479 e. The number of aliphatic hydroxyl groups excluding tert-OH is 2. The van der Waals surface area contributed by atoms with Gasteiger partial charge in [-0.25, -0.2) is 19.7 Å². The maximum atomic E-state index is 10.5. The maximum Gasteiger partial charge on any atom is 0.335 e. The Morgan fingerprint density at radius 2 is 2.11 bits per heavy atom. The number of carbonyl (C=O) groups is 1. The van der Waals surface area contributed by atoms with Crippen LogP contribution in [0.1, 0.15) is 0 Å². The molecule has 0 saturated carbocycles. The molecule has 0 fully saturated rings. The highest BCUT2D eigenvalue weighted by Gasteiger charge is 2.24. The van der Waals surface area contributed by atoms with E-state index >= 15 is 0 Å². The van der Waals surface area contributed by atoms with Gasteiger partial charge in [0.25, 0.3) is 0 Å². The Morgan fingerprint density at radius 1 is 1.39 bits per heavy atom. The predicted octanol–water partition coefficient (Wildman–Crippen LogP) is -0.714. The first kappa shape index (κ1) is 12.7. The lowest BCUT2D eigenvalue weighted by Gasteiger charge is -2.14. The first-order valence-corrected chi connectivity index (χ1v) is 5.28. The van der Waals surface area contributed by atoms with E-state index in [4.69, 9.17) is 16.7 Å². The molecule has 2 atom stereocenters. The van der Waals surface area contributed by atoms with E-state index in [-0.39, 0.29) is 11.7 Å². The highest BCUT2D eigenvalue weighted by atomic mass is 35.5. The quantitative estimate of drug-likeness (QED) is 0.628. The molecule has 9 heteroatoms. The monoisotopic (exact) mass is 272 g/mol. The standard InChI is InChI=1S/C9H9ClN4O4/c10-7-5-8(12-2-11-7)14(3-13-5)1-4(15)6(16)9(17)18/h2-4,6,15-16H,1H2,(H,17,18)/t4-,6-/m1/s1. The molecule has 0 radical (unpaired) electrons. The van der Waals surface area contributed by atoms with E-state index < -0.39 is 18.2 Å². The Balaban J connectivity index is 2.27. The van der Waals surface area contributed by atoms with Crippen molar-refractivity contribution in [3.63, 3.8) is 0 Å². The van der Waals surface area contributed by atoms with Crippen molar-refractivity contribution in [3.05, 3.63) is 17.8 Å². The fourth-order valence-electron chi connectivity index (χ4n) is 1.45. The molecule has 2 aromatic heterocycles. The van der Waals surface area contributed by atoms with Crippen LogP contribution in [0.4, 0.5) is 0 Å². The highest BCUT2D eigenvalue weighted by Crippen LogP contribution is 2.17. The molecule has 96 valence electrons. The summed E-state index contributed by atoms with van der Waals surface area (Å²) in [5, 5.41) is 27.4. The maximum absolute atomic E-state index is 10.5. The van der Waals surface area contributed by atoms with Gasteiger partial charge >= 0.3 is 5.97 Å². The van der Waals surface area contributed by atoms with Crippen LogP contribution in [0.25, 0.3) is 11.2 Å². The van der Waals surface area contributed by atoms with Gasteiger partial charge in [0.1, 0.15) is 17.9 Å².